The molecule has 0 aliphatic rings. The van der Waals surface area contributed by atoms with Gasteiger partial charge in [-0.25, -0.2) is 0 Å². The van der Waals surface area contributed by atoms with Crippen molar-refractivity contribution in [3.63, 3.8) is 0 Å². The summed E-state index contributed by atoms with van der Waals surface area (Å²) < 4.78 is 5.17. The van der Waals surface area contributed by atoms with Gasteiger partial charge in [-0.2, -0.15) is 0 Å². The molecule has 0 saturated carbocycles. The van der Waals surface area contributed by atoms with Crippen LogP contribution >= 0.6 is 12.2 Å². The number of methoxy groups -OCH3 is 1. The predicted molar refractivity (Wildman–Crippen MR) is 102 cm³/mol. The molecule has 0 fully saturated rings. The Kier molecular flexibility index (Phi) is 5.78. The third kappa shape index (κ3) is 5.07. The Labute approximate surface area is 144 Å². The molecule has 2 rings (SSSR count). The topological polar surface area (TPSA) is 21.3 Å². The SMILES string of the molecule is COc1ccc(CCNC(=S)c2ccc(C(C)(C)C)cc2)cc1. The molecule has 2 aromatic carbocycles. The average Bonchev–Trinajstić information content (AvgIpc) is 2.54. The molecule has 0 unspecified atom stereocenters. The maximum absolute atomic E-state index is 5.48. The van der Waals surface area contributed by atoms with Gasteiger partial charge in [-0.15, -0.1) is 0 Å². The van der Waals surface area contributed by atoms with Crippen LogP contribution in [-0.4, -0.2) is 18.6 Å². The van der Waals surface area contributed by atoms with E-state index in [1.165, 1.54) is 11.1 Å². The maximum Gasteiger partial charge on any atom is 0.118 e. The van der Waals surface area contributed by atoms with Gasteiger partial charge in [0.15, 0.2) is 0 Å². The number of hydrogen-bond donors (Lipinski definition) is 1. The minimum atomic E-state index is 0.169. The first-order valence-electron chi connectivity index (χ1n) is 7.92. The van der Waals surface area contributed by atoms with Crippen LogP contribution in [0.25, 0.3) is 0 Å². The van der Waals surface area contributed by atoms with E-state index in [4.69, 9.17) is 17.0 Å². The number of benzene rings is 2. The Bertz CT molecular complexity index is 639. The van der Waals surface area contributed by atoms with Crippen LogP contribution in [0.3, 0.4) is 0 Å². The quantitative estimate of drug-likeness (QED) is 0.817. The first-order chi connectivity index (χ1) is 10.9. The Hall–Kier alpha value is -1.87. The molecule has 2 aromatic rings. The Balaban J connectivity index is 1.86. The molecule has 0 atom stereocenters. The summed E-state index contributed by atoms with van der Waals surface area (Å²) in [6.45, 7) is 7.47. The second-order valence-corrected chi connectivity index (χ2v) is 7.09. The summed E-state index contributed by atoms with van der Waals surface area (Å²) >= 11 is 5.48. The van der Waals surface area contributed by atoms with E-state index in [-0.39, 0.29) is 5.41 Å². The number of hydrogen-bond acceptors (Lipinski definition) is 2. The average molecular weight is 327 g/mol. The Morgan fingerprint density at radius 3 is 2.13 bits per heavy atom. The van der Waals surface area contributed by atoms with Crippen LogP contribution in [0.15, 0.2) is 48.5 Å². The first-order valence-corrected chi connectivity index (χ1v) is 8.32. The van der Waals surface area contributed by atoms with Gasteiger partial charge in [0, 0.05) is 12.1 Å². The Morgan fingerprint density at radius 1 is 1.00 bits per heavy atom. The van der Waals surface area contributed by atoms with Crippen molar-refractivity contribution < 1.29 is 4.74 Å². The third-order valence-electron chi connectivity index (χ3n) is 3.87. The van der Waals surface area contributed by atoms with Crippen LogP contribution in [0, 0.1) is 0 Å². The second kappa shape index (κ2) is 7.60. The van der Waals surface area contributed by atoms with Crippen molar-refractivity contribution in [2.45, 2.75) is 32.6 Å². The minimum Gasteiger partial charge on any atom is -0.497 e. The zero-order chi connectivity index (χ0) is 16.9. The highest BCUT2D eigenvalue weighted by atomic mass is 32.1. The fraction of sp³-hybridized carbons (Fsp3) is 0.350. The lowest BCUT2D eigenvalue weighted by molar-refractivity contribution is 0.414. The van der Waals surface area contributed by atoms with Crippen molar-refractivity contribution >= 4 is 17.2 Å². The molecule has 0 amide bonds. The van der Waals surface area contributed by atoms with E-state index in [0.717, 1.165) is 29.3 Å². The number of ether oxygens (including phenoxy) is 1. The van der Waals surface area contributed by atoms with Crippen LogP contribution in [-0.2, 0) is 11.8 Å². The van der Waals surface area contributed by atoms with E-state index in [1.807, 2.05) is 12.1 Å². The van der Waals surface area contributed by atoms with Crippen LogP contribution in [0.4, 0.5) is 0 Å². The number of thiocarbonyl (C=S) groups is 1. The van der Waals surface area contributed by atoms with Crippen molar-refractivity contribution in [1.29, 1.82) is 0 Å². The lowest BCUT2D eigenvalue weighted by atomic mass is 9.87. The van der Waals surface area contributed by atoms with Crippen molar-refractivity contribution in [1.82, 2.24) is 5.32 Å². The number of rotatable bonds is 5. The monoisotopic (exact) mass is 327 g/mol. The molecule has 0 saturated heterocycles. The zero-order valence-electron chi connectivity index (χ0n) is 14.3. The van der Waals surface area contributed by atoms with Crippen LogP contribution in [0.1, 0.15) is 37.5 Å². The highest BCUT2D eigenvalue weighted by Crippen LogP contribution is 2.22. The third-order valence-corrected chi connectivity index (χ3v) is 4.25. The smallest absolute Gasteiger partial charge is 0.118 e. The van der Waals surface area contributed by atoms with Gasteiger partial charge in [-0.1, -0.05) is 69.4 Å². The van der Waals surface area contributed by atoms with Gasteiger partial charge in [-0.05, 0) is 35.1 Å². The van der Waals surface area contributed by atoms with E-state index >= 15 is 0 Å². The van der Waals surface area contributed by atoms with E-state index < -0.39 is 0 Å². The molecule has 1 N–H and O–H groups in total. The molecule has 122 valence electrons. The molecular weight excluding hydrogens is 302 g/mol. The molecule has 0 radical (unpaired) electrons. The van der Waals surface area contributed by atoms with Crippen molar-refractivity contribution in [2.24, 2.45) is 0 Å². The van der Waals surface area contributed by atoms with Crippen LogP contribution in [0.5, 0.6) is 5.75 Å². The van der Waals surface area contributed by atoms with Crippen molar-refractivity contribution in [2.75, 3.05) is 13.7 Å². The van der Waals surface area contributed by atoms with Gasteiger partial charge >= 0.3 is 0 Å². The molecule has 0 aliphatic heterocycles. The molecule has 0 bridgehead atoms. The maximum atomic E-state index is 5.48. The summed E-state index contributed by atoms with van der Waals surface area (Å²) in [6, 6.07) is 16.7. The van der Waals surface area contributed by atoms with Gasteiger partial charge in [0.25, 0.3) is 0 Å². The van der Waals surface area contributed by atoms with Gasteiger partial charge in [0.1, 0.15) is 10.7 Å². The standard InChI is InChI=1S/C20H25NOS/c1-20(2,3)17-9-7-16(8-10-17)19(23)21-14-13-15-5-11-18(22-4)12-6-15/h5-12H,13-14H2,1-4H3,(H,21,23). The summed E-state index contributed by atoms with van der Waals surface area (Å²) in [6.07, 6.45) is 0.935. The van der Waals surface area contributed by atoms with Gasteiger partial charge in [0.2, 0.25) is 0 Å². The largest absolute Gasteiger partial charge is 0.497 e. The van der Waals surface area contributed by atoms with Crippen LogP contribution < -0.4 is 10.1 Å². The molecule has 0 aliphatic carbocycles. The lowest BCUT2D eigenvalue weighted by Crippen LogP contribution is -2.24. The van der Waals surface area contributed by atoms with Gasteiger partial charge in [0.05, 0.1) is 7.11 Å². The predicted octanol–water partition coefficient (Wildman–Crippen LogP) is 4.50. The molecule has 0 heterocycles. The summed E-state index contributed by atoms with van der Waals surface area (Å²) in [5.41, 5.74) is 3.83. The molecule has 23 heavy (non-hydrogen) atoms. The normalized spacial score (nSPS) is 11.1. The highest BCUT2D eigenvalue weighted by molar-refractivity contribution is 7.80. The summed E-state index contributed by atoms with van der Waals surface area (Å²) in [5.74, 6) is 0.885. The molecule has 2 nitrogen and oxygen atoms in total. The molecule has 0 aromatic heterocycles. The summed E-state index contributed by atoms with van der Waals surface area (Å²) in [4.78, 5) is 0.805. The number of nitrogens with one attached hydrogen (secondary N) is 1. The van der Waals surface area contributed by atoms with Gasteiger partial charge < -0.3 is 10.1 Å². The van der Waals surface area contributed by atoms with E-state index in [0.29, 0.717) is 0 Å². The Morgan fingerprint density at radius 2 is 1.61 bits per heavy atom. The lowest BCUT2D eigenvalue weighted by Gasteiger charge is -2.19. The zero-order valence-corrected chi connectivity index (χ0v) is 15.2. The van der Waals surface area contributed by atoms with Crippen molar-refractivity contribution in [3.05, 3.63) is 65.2 Å². The highest BCUT2D eigenvalue weighted by Gasteiger charge is 2.13. The summed E-state index contributed by atoms with van der Waals surface area (Å²) in [5, 5.41) is 3.33. The molecular formula is C20H25NOS. The van der Waals surface area contributed by atoms with E-state index in [1.54, 1.807) is 7.11 Å². The summed E-state index contributed by atoms with van der Waals surface area (Å²) in [7, 11) is 1.68. The fourth-order valence-corrected chi connectivity index (χ4v) is 2.57. The van der Waals surface area contributed by atoms with Gasteiger partial charge in [-0.3, -0.25) is 0 Å². The van der Waals surface area contributed by atoms with E-state index in [9.17, 15) is 0 Å². The van der Waals surface area contributed by atoms with E-state index in [2.05, 4.69) is 62.5 Å². The van der Waals surface area contributed by atoms with Crippen molar-refractivity contribution in [3.8, 4) is 5.75 Å². The minimum absolute atomic E-state index is 0.169. The van der Waals surface area contributed by atoms with Crippen LogP contribution in [0.2, 0.25) is 0 Å². The molecule has 0 spiro atoms. The fourth-order valence-electron chi connectivity index (χ4n) is 2.34. The second-order valence-electron chi connectivity index (χ2n) is 6.68. The molecule has 3 heteroatoms. The first kappa shape index (κ1) is 17.5.